The standard InChI is InChI=1S/C19H29NO5/c1-3-4-5-6-7-8-9-10-13-24-19(22)25-17-14-15(18(21)23-2)11-12-16(17)20/h11-12,14H,3-10,13,20H2,1-2H3. The van der Waals surface area contributed by atoms with E-state index in [-0.39, 0.29) is 17.0 Å². The molecule has 1 rings (SSSR count). The molecule has 0 aliphatic carbocycles. The van der Waals surface area contributed by atoms with E-state index in [0.29, 0.717) is 6.61 Å². The van der Waals surface area contributed by atoms with E-state index in [4.69, 9.17) is 15.2 Å². The van der Waals surface area contributed by atoms with Crippen molar-refractivity contribution in [3.05, 3.63) is 23.8 Å². The number of ether oxygens (including phenoxy) is 3. The molecule has 0 aliphatic rings. The largest absolute Gasteiger partial charge is 0.513 e. The van der Waals surface area contributed by atoms with Crippen molar-refractivity contribution in [2.45, 2.75) is 58.3 Å². The Labute approximate surface area is 149 Å². The second kappa shape index (κ2) is 12.2. The molecule has 0 saturated heterocycles. The number of carbonyl (C=O) groups is 2. The Balaban J connectivity index is 2.25. The molecule has 0 radical (unpaired) electrons. The predicted molar refractivity (Wildman–Crippen MR) is 96.8 cm³/mol. The van der Waals surface area contributed by atoms with E-state index in [9.17, 15) is 9.59 Å². The fourth-order valence-corrected chi connectivity index (χ4v) is 2.38. The summed E-state index contributed by atoms with van der Waals surface area (Å²) in [6, 6.07) is 4.34. The molecule has 0 bridgehead atoms. The highest BCUT2D eigenvalue weighted by Crippen LogP contribution is 2.23. The number of rotatable bonds is 11. The maximum Gasteiger partial charge on any atom is 0.513 e. The van der Waals surface area contributed by atoms with Gasteiger partial charge >= 0.3 is 12.1 Å². The molecule has 25 heavy (non-hydrogen) atoms. The Morgan fingerprint density at radius 2 is 1.64 bits per heavy atom. The highest BCUT2D eigenvalue weighted by Gasteiger charge is 2.13. The summed E-state index contributed by atoms with van der Waals surface area (Å²) in [5.74, 6) is -0.444. The molecule has 0 spiro atoms. The van der Waals surface area contributed by atoms with Gasteiger partial charge in [0.25, 0.3) is 0 Å². The number of anilines is 1. The molecule has 1 aromatic rings. The molecule has 0 atom stereocenters. The summed E-state index contributed by atoms with van der Waals surface area (Å²) in [6.07, 6.45) is 8.50. The molecule has 0 saturated carbocycles. The Morgan fingerprint density at radius 1 is 1.00 bits per heavy atom. The van der Waals surface area contributed by atoms with Gasteiger partial charge in [0.1, 0.15) is 0 Å². The van der Waals surface area contributed by atoms with Crippen molar-refractivity contribution in [1.82, 2.24) is 0 Å². The third-order valence-electron chi connectivity index (χ3n) is 3.85. The molecule has 6 heteroatoms. The van der Waals surface area contributed by atoms with Gasteiger partial charge in [-0.15, -0.1) is 0 Å². The number of nitrogens with two attached hydrogens (primary N) is 1. The van der Waals surface area contributed by atoms with E-state index >= 15 is 0 Å². The Hall–Kier alpha value is -2.24. The quantitative estimate of drug-likeness (QED) is 0.269. The highest BCUT2D eigenvalue weighted by molar-refractivity contribution is 5.90. The molecule has 1 aromatic carbocycles. The van der Waals surface area contributed by atoms with Gasteiger partial charge in [-0.1, -0.05) is 51.9 Å². The van der Waals surface area contributed by atoms with Crippen molar-refractivity contribution >= 4 is 17.8 Å². The lowest BCUT2D eigenvalue weighted by Gasteiger charge is -2.09. The molecule has 6 nitrogen and oxygen atoms in total. The van der Waals surface area contributed by atoms with Crippen LogP contribution in [0.2, 0.25) is 0 Å². The van der Waals surface area contributed by atoms with Crippen molar-refractivity contribution in [3.8, 4) is 5.75 Å². The number of hydrogen-bond donors (Lipinski definition) is 1. The molecular formula is C19H29NO5. The summed E-state index contributed by atoms with van der Waals surface area (Å²) in [7, 11) is 1.28. The second-order valence-corrected chi connectivity index (χ2v) is 5.92. The minimum Gasteiger partial charge on any atom is -0.465 e. The van der Waals surface area contributed by atoms with Crippen molar-refractivity contribution < 1.29 is 23.8 Å². The van der Waals surface area contributed by atoms with Gasteiger partial charge in [0.05, 0.1) is 25.0 Å². The van der Waals surface area contributed by atoms with Crippen LogP contribution in [-0.4, -0.2) is 25.8 Å². The van der Waals surface area contributed by atoms with Crippen molar-refractivity contribution in [3.63, 3.8) is 0 Å². The average Bonchev–Trinajstić information content (AvgIpc) is 2.61. The Bertz CT molecular complexity index is 545. The first kappa shape index (κ1) is 20.8. The lowest BCUT2D eigenvalue weighted by Crippen LogP contribution is -2.13. The summed E-state index contributed by atoms with van der Waals surface area (Å²) in [4.78, 5) is 23.2. The van der Waals surface area contributed by atoms with Gasteiger partial charge in [-0.3, -0.25) is 0 Å². The number of hydrogen-bond acceptors (Lipinski definition) is 6. The van der Waals surface area contributed by atoms with Gasteiger partial charge in [-0.05, 0) is 24.6 Å². The summed E-state index contributed by atoms with van der Waals surface area (Å²) < 4.78 is 14.7. The smallest absolute Gasteiger partial charge is 0.465 e. The molecule has 0 amide bonds. The molecule has 0 heterocycles. The number of esters is 1. The van der Waals surface area contributed by atoms with Crippen LogP contribution >= 0.6 is 0 Å². The third-order valence-corrected chi connectivity index (χ3v) is 3.85. The monoisotopic (exact) mass is 351 g/mol. The zero-order valence-corrected chi connectivity index (χ0v) is 15.2. The van der Waals surface area contributed by atoms with Crippen molar-refractivity contribution in [2.75, 3.05) is 19.5 Å². The van der Waals surface area contributed by atoms with E-state index in [2.05, 4.69) is 11.7 Å². The molecule has 0 aliphatic heterocycles. The first-order valence-electron chi connectivity index (χ1n) is 8.91. The van der Waals surface area contributed by atoms with Gasteiger partial charge in [0, 0.05) is 0 Å². The molecule has 0 fully saturated rings. The van der Waals surface area contributed by atoms with E-state index in [0.717, 1.165) is 19.3 Å². The predicted octanol–water partition coefficient (Wildman–Crippen LogP) is 4.71. The number of nitrogen functional groups attached to an aromatic ring is 1. The zero-order chi connectivity index (χ0) is 18.5. The maximum absolute atomic E-state index is 11.7. The molecule has 2 N–H and O–H groups in total. The second-order valence-electron chi connectivity index (χ2n) is 5.92. The fourth-order valence-electron chi connectivity index (χ4n) is 2.38. The van der Waals surface area contributed by atoms with Crippen LogP contribution in [0.15, 0.2) is 18.2 Å². The lowest BCUT2D eigenvalue weighted by molar-refractivity contribution is 0.0599. The Morgan fingerprint density at radius 3 is 2.28 bits per heavy atom. The average molecular weight is 351 g/mol. The number of unbranched alkanes of at least 4 members (excludes halogenated alkanes) is 7. The topological polar surface area (TPSA) is 87.8 Å². The van der Waals surface area contributed by atoms with Gasteiger partial charge < -0.3 is 19.9 Å². The minimum absolute atomic E-state index is 0.0869. The molecular weight excluding hydrogens is 322 g/mol. The summed E-state index contributed by atoms with van der Waals surface area (Å²) in [5.41, 5.74) is 6.24. The third kappa shape index (κ3) is 8.42. The van der Waals surface area contributed by atoms with Crippen molar-refractivity contribution in [1.29, 1.82) is 0 Å². The van der Waals surface area contributed by atoms with Crippen LogP contribution in [-0.2, 0) is 9.47 Å². The normalized spacial score (nSPS) is 10.3. The van der Waals surface area contributed by atoms with Crippen LogP contribution in [0.25, 0.3) is 0 Å². The van der Waals surface area contributed by atoms with E-state index in [1.807, 2.05) is 0 Å². The number of carbonyl (C=O) groups excluding carboxylic acids is 2. The Kier molecular flexibility index (Phi) is 10.1. The van der Waals surface area contributed by atoms with Crippen LogP contribution in [0.1, 0.15) is 68.6 Å². The highest BCUT2D eigenvalue weighted by atomic mass is 16.7. The van der Waals surface area contributed by atoms with Gasteiger partial charge in [0.15, 0.2) is 5.75 Å². The molecule has 0 aromatic heterocycles. The van der Waals surface area contributed by atoms with Gasteiger partial charge in [0.2, 0.25) is 0 Å². The van der Waals surface area contributed by atoms with Crippen molar-refractivity contribution in [2.24, 2.45) is 0 Å². The summed E-state index contributed by atoms with van der Waals surface area (Å²) in [6.45, 7) is 2.51. The summed E-state index contributed by atoms with van der Waals surface area (Å²) in [5, 5.41) is 0. The van der Waals surface area contributed by atoms with Crippen LogP contribution in [0.3, 0.4) is 0 Å². The maximum atomic E-state index is 11.7. The first-order valence-corrected chi connectivity index (χ1v) is 8.91. The van der Waals surface area contributed by atoms with Crippen LogP contribution < -0.4 is 10.5 Å². The molecule has 140 valence electrons. The van der Waals surface area contributed by atoms with Gasteiger partial charge in [-0.25, -0.2) is 9.59 Å². The lowest BCUT2D eigenvalue weighted by atomic mass is 10.1. The number of benzene rings is 1. The minimum atomic E-state index is -0.823. The van der Waals surface area contributed by atoms with E-state index in [1.165, 1.54) is 57.4 Å². The van der Waals surface area contributed by atoms with Crippen LogP contribution in [0.5, 0.6) is 5.75 Å². The van der Waals surface area contributed by atoms with Gasteiger partial charge in [-0.2, -0.15) is 0 Å². The number of methoxy groups -OCH3 is 1. The van der Waals surface area contributed by atoms with E-state index in [1.54, 1.807) is 0 Å². The SMILES string of the molecule is CCCCCCCCCCOC(=O)Oc1cc(C(=O)OC)ccc1N. The molecule has 0 unspecified atom stereocenters. The van der Waals surface area contributed by atoms with Crippen LogP contribution in [0.4, 0.5) is 10.5 Å². The zero-order valence-electron chi connectivity index (χ0n) is 15.2. The fraction of sp³-hybridized carbons (Fsp3) is 0.579. The first-order chi connectivity index (χ1) is 12.1. The summed E-state index contributed by atoms with van der Waals surface area (Å²) >= 11 is 0. The van der Waals surface area contributed by atoms with Crippen LogP contribution in [0, 0.1) is 0 Å². The van der Waals surface area contributed by atoms with E-state index < -0.39 is 12.1 Å².